The lowest BCUT2D eigenvalue weighted by Gasteiger charge is -2.31. The molecule has 0 aromatic heterocycles. The summed E-state index contributed by atoms with van der Waals surface area (Å²) >= 11 is 0. The number of fused-ring (bicyclic) bond motifs is 1. The number of hydrogen-bond acceptors (Lipinski definition) is 2. The molecule has 0 atom stereocenters. The topological polar surface area (TPSA) is 32.3 Å². The van der Waals surface area contributed by atoms with Gasteiger partial charge in [0, 0.05) is 30.0 Å². The van der Waals surface area contributed by atoms with Crippen LogP contribution in [0.15, 0.2) is 66.7 Å². The maximum Gasteiger partial charge on any atom is 0.255 e. The number of carbonyl (C=O) groups is 1. The highest BCUT2D eigenvalue weighted by Gasteiger charge is 2.16. The number of hydrogen-bond donors (Lipinski definition) is 1. The number of rotatable bonds is 4. The van der Waals surface area contributed by atoms with Crippen LogP contribution in [0.5, 0.6) is 0 Å². The van der Waals surface area contributed by atoms with Crippen LogP contribution >= 0.6 is 0 Å². The first-order valence-corrected chi connectivity index (χ1v) is 9.91. The van der Waals surface area contributed by atoms with Crippen molar-refractivity contribution in [3.63, 3.8) is 0 Å². The van der Waals surface area contributed by atoms with Crippen molar-refractivity contribution in [1.82, 2.24) is 0 Å². The number of aryl methyl sites for hydroxylation is 2. The number of carbonyl (C=O) groups excluding carboxylic acids is 1. The lowest BCUT2D eigenvalue weighted by molar-refractivity contribution is 0.102. The fourth-order valence-electron chi connectivity index (χ4n) is 3.84. The molecule has 142 valence electrons. The smallest absolute Gasteiger partial charge is 0.255 e. The third kappa shape index (κ3) is 3.79. The second-order valence-electron chi connectivity index (χ2n) is 7.55. The summed E-state index contributed by atoms with van der Waals surface area (Å²) in [6, 6.07) is 22.6. The third-order valence-corrected chi connectivity index (χ3v) is 5.65. The second-order valence-corrected chi connectivity index (χ2v) is 7.55. The van der Waals surface area contributed by atoms with Crippen LogP contribution in [0.3, 0.4) is 0 Å². The average molecular weight is 370 g/mol. The number of para-hydroxylation sites is 1. The Morgan fingerprint density at radius 2 is 1.75 bits per heavy atom. The highest BCUT2D eigenvalue weighted by Crippen LogP contribution is 2.28. The lowest BCUT2D eigenvalue weighted by atomic mass is 10.0. The molecular weight excluding hydrogens is 344 g/mol. The summed E-state index contributed by atoms with van der Waals surface area (Å²) in [5, 5.41) is 3.03. The van der Waals surface area contributed by atoms with Gasteiger partial charge in [-0.1, -0.05) is 42.5 Å². The molecule has 3 aromatic rings. The zero-order chi connectivity index (χ0) is 19.5. The Hall–Kier alpha value is -3.07. The van der Waals surface area contributed by atoms with E-state index in [1.54, 1.807) is 0 Å². The van der Waals surface area contributed by atoms with Crippen molar-refractivity contribution in [2.24, 2.45) is 0 Å². The van der Waals surface area contributed by atoms with E-state index >= 15 is 0 Å². The van der Waals surface area contributed by atoms with Gasteiger partial charge in [0.2, 0.25) is 0 Å². The molecule has 28 heavy (non-hydrogen) atoms. The van der Waals surface area contributed by atoms with E-state index in [2.05, 4.69) is 59.6 Å². The Morgan fingerprint density at radius 3 is 2.57 bits per heavy atom. The summed E-state index contributed by atoms with van der Waals surface area (Å²) in [5.41, 5.74) is 7.83. The van der Waals surface area contributed by atoms with Crippen LogP contribution in [0.1, 0.15) is 39.0 Å². The molecule has 0 radical (unpaired) electrons. The normalized spacial score (nSPS) is 13.1. The Bertz CT molecular complexity index is 992. The molecule has 1 N–H and O–H groups in total. The molecule has 0 aliphatic carbocycles. The van der Waals surface area contributed by atoms with E-state index in [0.717, 1.165) is 30.8 Å². The molecule has 3 heteroatoms. The van der Waals surface area contributed by atoms with Gasteiger partial charge in [-0.2, -0.15) is 0 Å². The maximum atomic E-state index is 12.6. The molecule has 0 fully saturated rings. The van der Waals surface area contributed by atoms with Crippen molar-refractivity contribution in [1.29, 1.82) is 0 Å². The first-order chi connectivity index (χ1) is 13.6. The summed E-state index contributed by atoms with van der Waals surface area (Å²) in [4.78, 5) is 15.1. The van der Waals surface area contributed by atoms with E-state index in [1.165, 1.54) is 28.8 Å². The minimum atomic E-state index is -0.0661. The third-order valence-electron chi connectivity index (χ3n) is 5.65. The maximum absolute atomic E-state index is 12.6. The first-order valence-electron chi connectivity index (χ1n) is 9.91. The number of nitrogens with zero attached hydrogens (tertiary/aromatic N) is 1. The molecule has 0 saturated carbocycles. The molecule has 0 spiro atoms. The molecule has 1 heterocycles. The van der Waals surface area contributed by atoms with Crippen LogP contribution in [0.25, 0.3) is 0 Å². The van der Waals surface area contributed by atoms with E-state index in [4.69, 9.17) is 0 Å². The van der Waals surface area contributed by atoms with Crippen LogP contribution in [-0.2, 0) is 13.0 Å². The van der Waals surface area contributed by atoms with Gasteiger partial charge in [0.1, 0.15) is 0 Å². The van der Waals surface area contributed by atoms with Gasteiger partial charge in [0.15, 0.2) is 0 Å². The largest absolute Gasteiger partial charge is 0.367 e. The van der Waals surface area contributed by atoms with Crippen LogP contribution in [0.4, 0.5) is 11.4 Å². The van der Waals surface area contributed by atoms with Crippen LogP contribution < -0.4 is 10.2 Å². The molecule has 0 unspecified atom stereocenters. The van der Waals surface area contributed by atoms with Gasteiger partial charge in [-0.05, 0) is 73.2 Å². The van der Waals surface area contributed by atoms with E-state index in [1.807, 2.05) is 31.2 Å². The van der Waals surface area contributed by atoms with Gasteiger partial charge in [-0.15, -0.1) is 0 Å². The molecule has 0 bridgehead atoms. The van der Waals surface area contributed by atoms with Crippen LogP contribution in [-0.4, -0.2) is 12.5 Å². The zero-order valence-electron chi connectivity index (χ0n) is 16.5. The predicted octanol–water partition coefficient (Wildman–Crippen LogP) is 5.51. The molecule has 3 nitrogen and oxygen atoms in total. The number of amides is 1. The summed E-state index contributed by atoms with van der Waals surface area (Å²) in [6.45, 7) is 6.03. The second kappa shape index (κ2) is 7.89. The highest BCUT2D eigenvalue weighted by molar-refractivity contribution is 6.04. The number of nitrogens with one attached hydrogen (secondary N) is 1. The summed E-state index contributed by atoms with van der Waals surface area (Å²) in [7, 11) is 0. The molecule has 0 saturated heterocycles. The fraction of sp³-hybridized carbons (Fsp3) is 0.240. The number of anilines is 2. The molecule has 1 amide bonds. The van der Waals surface area contributed by atoms with Crippen molar-refractivity contribution in [3.05, 3.63) is 94.5 Å². The quantitative estimate of drug-likeness (QED) is 0.657. The summed E-state index contributed by atoms with van der Waals surface area (Å²) in [6.07, 6.45) is 2.34. The number of benzene rings is 3. The van der Waals surface area contributed by atoms with Gasteiger partial charge >= 0.3 is 0 Å². The van der Waals surface area contributed by atoms with E-state index in [0.29, 0.717) is 5.56 Å². The van der Waals surface area contributed by atoms with E-state index < -0.39 is 0 Å². The Labute approximate surface area is 167 Å². The van der Waals surface area contributed by atoms with Gasteiger partial charge in [0.25, 0.3) is 5.91 Å². The van der Waals surface area contributed by atoms with Crippen molar-refractivity contribution < 1.29 is 4.79 Å². The van der Waals surface area contributed by atoms with E-state index in [-0.39, 0.29) is 5.91 Å². The predicted molar refractivity (Wildman–Crippen MR) is 116 cm³/mol. The van der Waals surface area contributed by atoms with Gasteiger partial charge in [-0.3, -0.25) is 4.79 Å². The standard InChI is InChI=1S/C25H26N2O/c1-18-7-5-10-23(19(18)2)26-25(28)22-14-12-20(13-15-22)17-27-16-6-9-21-8-3-4-11-24(21)27/h3-5,7-8,10-15H,6,9,16-17H2,1-2H3,(H,26,28). The molecule has 3 aromatic carbocycles. The summed E-state index contributed by atoms with van der Waals surface area (Å²) in [5.74, 6) is -0.0661. The zero-order valence-corrected chi connectivity index (χ0v) is 16.5. The first kappa shape index (κ1) is 18.3. The van der Waals surface area contributed by atoms with Gasteiger partial charge in [0.05, 0.1) is 0 Å². The van der Waals surface area contributed by atoms with Gasteiger partial charge in [-0.25, -0.2) is 0 Å². The van der Waals surface area contributed by atoms with Crippen molar-refractivity contribution >= 4 is 17.3 Å². The Kier molecular flexibility index (Phi) is 5.16. The van der Waals surface area contributed by atoms with Crippen molar-refractivity contribution in [2.45, 2.75) is 33.2 Å². The monoisotopic (exact) mass is 370 g/mol. The SMILES string of the molecule is Cc1cccc(NC(=O)c2ccc(CN3CCCc4ccccc43)cc2)c1C. The van der Waals surface area contributed by atoms with Crippen molar-refractivity contribution in [2.75, 3.05) is 16.8 Å². The minimum Gasteiger partial charge on any atom is -0.367 e. The molecule has 4 rings (SSSR count). The fourth-order valence-corrected chi connectivity index (χ4v) is 3.84. The highest BCUT2D eigenvalue weighted by atomic mass is 16.1. The van der Waals surface area contributed by atoms with Crippen LogP contribution in [0, 0.1) is 13.8 Å². The van der Waals surface area contributed by atoms with Crippen LogP contribution in [0.2, 0.25) is 0 Å². The van der Waals surface area contributed by atoms with Gasteiger partial charge < -0.3 is 10.2 Å². The lowest BCUT2D eigenvalue weighted by Crippen LogP contribution is -2.28. The summed E-state index contributed by atoms with van der Waals surface area (Å²) < 4.78 is 0. The molecule has 1 aliphatic heterocycles. The minimum absolute atomic E-state index is 0.0661. The Morgan fingerprint density at radius 1 is 0.964 bits per heavy atom. The molecular formula is C25H26N2O. The van der Waals surface area contributed by atoms with E-state index in [9.17, 15) is 4.79 Å². The van der Waals surface area contributed by atoms with Crippen molar-refractivity contribution in [3.8, 4) is 0 Å². The molecule has 1 aliphatic rings. The average Bonchev–Trinajstić information content (AvgIpc) is 2.72. The Balaban J connectivity index is 1.46.